The molecule has 0 atom stereocenters. The minimum Gasteiger partial charge on any atom is -0.496 e. The number of aliphatic imine (C=N–C) groups is 1. The third-order valence-electron chi connectivity index (χ3n) is 7.68. The molecule has 1 aromatic heterocycles. The highest BCUT2D eigenvalue weighted by Gasteiger charge is 2.23. The molecular weight excluding hydrogens is 562 g/mol. The van der Waals surface area contributed by atoms with Crippen molar-refractivity contribution < 1.29 is 9.53 Å². The molecule has 0 aliphatic carbocycles. The second-order valence-electron chi connectivity index (χ2n) is 10.5. The number of nitrogens with one attached hydrogen (secondary N) is 3. The summed E-state index contributed by atoms with van der Waals surface area (Å²) >= 11 is 6.46. The number of aromatic nitrogens is 2. The molecule has 0 unspecified atom stereocenters. The fraction of sp³-hybridized carbons (Fsp3) is 0.273. The van der Waals surface area contributed by atoms with E-state index in [9.17, 15) is 4.79 Å². The monoisotopic (exact) mass is 595 g/mol. The van der Waals surface area contributed by atoms with Crippen molar-refractivity contribution in [3.63, 3.8) is 0 Å². The highest BCUT2D eigenvalue weighted by Crippen LogP contribution is 2.35. The number of para-hydroxylation sites is 1. The van der Waals surface area contributed by atoms with Crippen LogP contribution in [-0.4, -0.2) is 72.9 Å². The molecule has 1 fully saturated rings. The zero-order valence-electron chi connectivity index (χ0n) is 24.1. The molecule has 2 aliphatic heterocycles. The molecule has 43 heavy (non-hydrogen) atoms. The predicted octanol–water partition coefficient (Wildman–Crippen LogP) is 4.93. The SMILES string of the molecule is COc1ccccc1C1=NCc2cnc(Nc3ccc(C(=O)NCCCN4CCNCC4)cc3)nc2-c2ccc(Cl)cc21. The molecular formula is C33H34ClN7O2. The van der Waals surface area contributed by atoms with E-state index in [1.165, 1.54) is 0 Å². The summed E-state index contributed by atoms with van der Waals surface area (Å²) in [6.45, 7) is 6.26. The van der Waals surface area contributed by atoms with Crippen LogP contribution in [0.4, 0.5) is 11.6 Å². The molecule has 1 amide bonds. The molecule has 4 aromatic rings. The predicted molar refractivity (Wildman–Crippen MR) is 171 cm³/mol. The molecule has 9 nitrogen and oxygen atoms in total. The maximum Gasteiger partial charge on any atom is 0.251 e. The summed E-state index contributed by atoms with van der Waals surface area (Å²) in [7, 11) is 1.65. The summed E-state index contributed by atoms with van der Waals surface area (Å²) in [6, 6.07) is 20.9. The van der Waals surface area contributed by atoms with Crippen molar-refractivity contribution >= 4 is 34.9 Å². The number of methoxy groups -OCH3 is 1. The molecule has 3 heterocycles. The van der Waals surface area contributed by atoms with Crippen molar-refractivity contribution in [3.05, 3.63) is 100 Å². The molecule has 1 saturated heterocycles. The summed E-state index contributed by atoms with van der Waals surface area (Å²) in [5, 5.41) is 10.3. The lowest BCUT2D eigenvalue weighted by molar-refractivity contribution is 0.0951. The fourth-order valence-electron chi connectivity index (χ4n) is 5.43. The minimum absolute atomic E-state index is 0.0748. The van der Waals surface area contributed by atoms with Crippen molar-refractivity contribution in [2.45, 2.75) is 13.0 Å². The van der Waals surface area contributed by atoms with Gasteiger partial charge >= 0.3 is 0 Å². The van der Waals surface area contributed by atoms with E-state index in [1.54, 1.807) is 13.3 Å². The quantitative estimate of drug-likeness (QED) is 0.236. The van der Waals surface area contributed by atoms with Crippen molar-refractivity contribution in [3.8, 4) is 17.0 Å². The van der Waals surface area contributed by atoms with Gasteiger partial charge in [-0.05, 0) is 61.5 Å². The number of benzene rings is 3. The van der Waals surface area contributed by atoms with Crippen LogP contribution in [0.2, 0.25) is 5.02 Å². The Morgan fingerprint density at radius 3 is 2.65 bits per heavy atom. The van der Waals surface area contributed by atoms with Gasteiger partial charge in [0.15, 0.2) is 0 Å². The summed E-state index contributed by atoms with van der Waals surface area (Å²) in [5.74, 6) is 1.11. The standard InChI is InChI=1S/C33H34ClN7O2/c1-43-29-6-3-2-5-27(29)31-28-19-24(34)9-12-26(28)30-23(20-37-31)21-38-33(40-30)39-25-10-7-22(8-11-25)32(42)36-13-4-16-41-17-14-35-15-18-41/h2-3,5-12,19,21,35H,4,13-18,20H2,1H3,(H,36,42)(H,38,39,40). The van der Waals surface area contributed by atoms with Gasteiger partial charge in [0.2, 0.25) is 5.95 Å². The van der Waals surface area contributed by atoms with Crippen LogP contribution in [0.5, 0.6) is 5.75 Å². The topological polar surface area (TPSA) is 104 Å². The average molecular weight is 596 g/mol. The Kier molecular flexibility index (Phi) is 8.93. The lowest BCUT2D eigenvalue weighted by atomic mass is 9.95. The number of piperazine rings is 1. The van der Waals surface area contributed by atoms with E-state index in [1.807, 2.05) is 66.7 Å². The van der Waals surface area contributed by atoms with E-state index in [2.05, 4.69) is 25.8 Å². The Hall–Kier alpha value is -4.31. The smallest absolute Gasteiger partial charge is 0.251 e. The number of hydrogen-bond donors (Lipinski definition) is 3. The minimum atomic E-state index is -0.0748. The first-order valence-electron chi connectivity index (χ1n) is 14.5. The molecule has 220 valence electrons. The number of hydrogen-bond acceptors (Lipinski definition) is 8. The van der Waals surface area contributed by atoms with E-state index in [0.717, 1.165) is 84.2 Å². The zero-order chi connectivity index (χ0) is 29.6. The Labute approximate surface area is 256 Å². The summed E-state index contributed by atoms with van der Waals surface area (Å²) in [6.07, 6.45) is 2.74. The van der Waals surface area contributed by atoms with E-state index in [4.69, 9.17) is 26.3 Å². The second kappa shape index (κ2) is 13.3. The van der Waals surface area contributed by atoms with Crippen LogP contribution < -0.4 is 20.7 Å². The first-order chi connectivity index (χ1) is 21.1. The molecule has 0 bridgehead atoms. The van der Waals surface area contributed by atoms with Gasteiger partial charge in [0.05, 0.1) is 25.1 Å². The van der Waals surface area contributed by atoms with E-state index in [0.29, 0.717) is 29.6 Å². The molecule has 0 spiro atoms. The molecule has 10 heteroatoms. The summed E-state index contributed by atoms with van der Waals surface area (Å²) in [4.78, 5) is 29.5. The number of carbonyl (C=O) groups is 1. The van der Waals surface area contributed by atoms with Crippen molar-refractivity contribution in [2.24, 2.45) is 4.99 Å². The van der Waals surface area contributed by atoms with E-state index in [-0.39, 0.29) is 5.91 Å². The lowest BCUT2D eigenvalue weighted by Crippen LogP contribution is -2.44. The Bertz CT molecular complexity index is 1640. The van der Waals surface area contributed by atoms with Crippen LogP contribution in [-0.2, 0) is 6.54 Å². The van der Waals surface area contributed by atoms with Gasteiger partial charge in [0.1, 0.15) is 5.75 Å². The van der Waals surface area contributed by atoms with Crippen molar-refractivity contribution in [1.29, 1.82) is 0 Å². The number of ether oxygens (including phenoxy) is 1. The highest BCUT2D eigenvalue weighted by molar-refractivity contribution is 6.31. The van der Waals surface area contributed by atoms with Gasteiger partial charge in [-0.15, -0.1) is 0 Å². The maximum atomic E-state index is 12.7. The lowest BCUT2D eigenvalue weighted by Gasteiger charge is -2.27. The Balaban J connectivity index is 1.16. The number of carbonyl (C=O) groups excluding carboxylic acids is 1. The fourth-order valence-corrected chi connectivity index (χ4v) is 5.60. The number of fused-ring (bicyclic) bond motifs is 3. The molecule has 3 N–H and O–H groups in total. The highest BCUT2D eigenvalue weighted by atomic mass is 35.5. The number of anilines is 2. The first-order valence-corrected chi connectivity index (χ1v) is 14.9. The van der Waals surface area contributed by atoms with Gasteiger partial charge in [0, 0.05) is 77.4 Å². The van der Waals surface area contributed by atoms with Gasteiger partial charge in [-0.3, -0.25) is 9.79 Å². The normalized spacial score (nSPS) is 14.6. The van der Waals surface area contributed by atoms with Crippen LogP contribution >= 0.6 is 11.6 Å². The van der Waals surface area contributed by atoms with Gasteiger partial charge in [-0.1, -0.05) is 29.8 Å². The van der Waals surface area contributed by atoms with Gasteiger partial charge in [0.25, 0.3) is 5.91 Å². The van der Waals surface area contributed by atoms with Gasteiger partial charge in [-0.25, -0.2) is 9.97 Å². The Morgan fingerprint density at radius 1 is 1.02 bits per heavy atom. The number of amides is 1. The third-order valence-corrected chi connectivity index (χ3v) is 7.91. The molecule has 3 aromatic carbocycles. The molecule has 0 saturated carbocycles. The first kappa shape index (κ1) is 28.8. The largest absolute Gasteiger partial charge is 0.496 e. The molecule has 2 aliphatic rings. The van der Waals surface area contributed by atoms with Crippen molar-refractivity contribution in [1.82, 2.24) is 25.5 Å². The number of rotatable bonds is 9. The van der Waals surface area contributed by atoms with Crippen molar-refractivity contribution in [2.75, 3.05) is 51.7 Å². The Morgan fingerprint density at radius 2 is 1.84 bits per heavy atom. The summed E-state index contributed by atoms with van der Waals surface area (Å²) < 4.78 is 5.64. The van der Waals surface area contributed by atoms with Crippen LogP contribution in [0.1, 0.15) is 33.5 Å². The van der Waals surface area contributed by atoms with E-state index < -0.39 is 0 Å². The summed E-state index contributed by atoms with van der Waals surface area (Å²) in [5.41, 5.74) is 6.56. The zero-order valence-corrected chi connectivity index (χ0v) is 24.8. The number of nitrogens with zero attached hydrogens (tertiary/aromatic N) is 4. The molecule has 6 rings (SSSR count). The van der Waals surface area contributed by atoms with Crippen LogP contribution in [0.3, 0.4) is 0 Å². The van der Waals surface area contributed by atoms with Gasteiger partial charge in [-0.2, -0.15) is 0 Å². The van der Waals surface area contributed by atoms with Crippen LogP contribution in [0.25, 0.3) is 11.3 Å². The number of halogens is 1. The second-order valence-corrected chi connectivity index (χ2v) is 11.0. The molecule has 0 radical (unpaired) electrons. The van der Waals surface area contributed by atoms with Crippen LogP contribution in [0, 0.1) is 0 Å². The average Bonchev–Trinajstić information content (AvgIpc) is 3.20. The van der Waals surface area contributed by atoms with E-state index >= 15 is 0 Å². The van der Waals surface area contributed by atoms with Crippen LogP contribution in [0.15, 0.2) is 77.9 Å². The van der Waals surface area contributed by atoms with Gasteiger partial charge < -0.3 is 25.6 Å². The maximum absolute atomic E-state index is 12.7. The third kappa shape index (κ3) is 6.69.